The molecule has 0 amide bonds. The Bertz CT molecular complexity index is 744. The summed E-state index contributed by atoms with van der Waals surface area (Å²) < 4.78 is 40.3. The number of aryl methyl sites for hydroxylation is 1. The molecule has 0 saturated carbocycles. The van der Waals surface area contributed by atoms with Crippen molar-refractivity contribution in [3.8, 4) is 0 Å². The molecule has 21 heavy (non-hydrogen) atoms. The van der Waals surface area contributed by atoms with Crippen molar-refractivity contribution >= 4 is 27.0 Å². The third-order valence-electron chi connectivity index (χ3n) is 2.90. The van der Waals surface area contributed by atoms with Crippen molar-refractivity contribution in [3.63, 3.8) is 0 Å². The molecule has 8 heteroatoms. The number of nitrogens with one attached hydrogen (secondary N) is 1. The fourth-order valence-electron chi connectivity index (χ4n) is 1.71. The maximum atomic E-state index is 13.4. The summed E-state index contributed by atoms with van der Waals surface area (Å²) in [6.07, 6.45) is 2.58. The van der Waals surface area contributed by atoms with Gasteiger partial charge in [0.2, 0.25) is 10.0 Å². The first-order valence-corrected chi connectivity index (χ1v) is 8.65. The molecule has 0 saturated heterocycles. The molecule has 2 aromatic rings. The Hall–Kier alpha value is -1.51. The van der Waals surface area contributed by atoms with E-state index in [2.05, 4.69) is 9.71 Å². The van der Waals surface area contributed by atoms with Crippen LogP contribution in [0.3, 0.4) is 0 Å². The largest absolute Gasteiger partial charge is 0.396 e. The van der Waals surface area contributed by atoms with Crippen LogP contribution in [0.15, 0.2) is 29.3 Å². The number of anilines is 1. The van der Waals surface area contributed by atoms with Crippen LogP contribution >= 0.6 is 11.3 Å². The van der Waals surface area contributed by atoms with Crippen molar-refractivity contribution in [2.24, 2.45) is 0 Å². The average molecular weight is 329 g/mol. The van der Waals surface area contributed by atoms with Crippen LogP contribution in [0.4, 0.5) is 10.1 Å². The molecule has 0 aliphatic heterocycles. The second kappa shape index (κ2) is 6.08. The molecular formula is C13H16FN3O2S2. The SMILES string of the molecule is CCc1cnc(C(C)NS(=O)(=O)c2ccc(N)c(F)c2)s1. The van der Waals surface area contributed by atoms with Crippen LogP contribution in [-0.2, 0) is 16.4 Å². The number of nitrogens with two attached hydrogens (primary N) is 1. The highest BCUT2D eigenvalue weighted by Gasteiger charge is 2.21. The Morgan fingerprint density at radius 3 is 2.76 bits per heavy atom. The molecule has 3 N–H and O–H groups in total. The second-order valence-corrected chi connectivity index (χ2v) is 7.41. The van der Waals surface area contributed by atoms with Gasteiger partial charge in [0.1, 0.15) is 10.8 Å². The number of sulfonamides is 1. The molecule has 0 bridgehead atoms. The Kier molecular flexibility index (Phi) is 4.60. The van der Waals surface area contributed by atoms with E-state index in [9.17, 15) is 12.8 Å². The monoisotopic (exact) mass is 329 g/mol. The zero-order valence-electron chi connectivity index (χ0n) is 11.6. The predicted octanol–water partition coefficient (Wildman–Crippen LogP) is 2.47. The van der Waals surface area contributed by atoms with Crippen LogP contribution < -0.4 is 10.5 Å². The molecule has 1 heterocycles. The summed E-state index contributed by atoms with van der Waals surface area (Å²) in [7, 11) is -3.82. The Labute approximate surface area is 127 Å². The van der Waals surface area contributed by atoms with Crippen LogP contribution in [0.5, 0.6) is 0 Å². The van der Waals surface area contributed by atoms with Crippen molar-refractivity contribution in [2.45, 2.75) is 31.2 Å². The van der Waals surface area contributed by atoms with Crippen LogP contribution in [0.25, 0.3) is 0 Å². The first-order chi connectivity index (χ1) is 9.83. The van der Waals surface area contributed by atoms with Gasteiger partial charge in [0.25, 0.3) is 0 Å². The molecule has 0 spiro atoms. The van der Waals surface area contributed by atoms with E-state index in [4.69, 9.17) is 5.73 Å². The minimum absolute atomic E-state index is 0.0884. The van der Waals surface area contributed by atoms with Gasteiger partial charge in [0.15, 0.2) is 0 Å². The first kappa shape index (κ1) is 15.9. The number of thiazole rings is 1. The van der Waals surface area contributed by atoms with Gasteiger partial charge in [-0.1, -0.05) is 6.92 Å². The summed E-state index contributed by atoms with van der Waals surface area (Å²) in [6.45, 7) is 3.70. The van der Waals surface area contributed by atoms with E-state index < -0.39 is 21.9 Å². The zero-order valence-corrected chi connectivity index (χ0v) is 13.3. The number of halogens is 1. The topological polar surface area (TPSA) is 85.1 Å². The highest BCUT2D eigenvalue weighted by molar-refractivity contribution is 7.89. The molecule has 0 aliphatic rings. The summed E-state index contributed by atoms with van der Waals surface area (Å²) >= 11 is 1.45. The lowest BCUT2D eigenvalue weighted by atomic mass is 10.3. The van der Waals surface area contributed by atoms with Crippen molar-refractivity contribution in [1.29, 1.82) is 0 Å². The van der Waals surface area contributed by atoms with Gasteiger partial charge < -0.3 is 5.73 Å². The predicted molar refractivity (Wildman–Crippen MR) is 81.0 cm³/mol. The molecule has 0 aliphatic carbocycles. The fourth-order valence-corrected chi connectivity index (χ4v) is 3.87. The molecule has 0 fully saturated rings. The quantitative estimate of drug-likeness (QED) is 0.825. The third kappa shape index (κ3) is 3.58. The zero-order chi connectivity index (χ0) is 15.6. The fraction of sp³-hybridized carbons (Fsp3) is 0.308. The van der Waals surface area contributed by atoms with Crippen molar-refractivity contribution in [2.75, 3.05) is 5.73 Å². The summed E-state index contributed by atoms with van der Waals surface area (Å²) in [5.41, 5.74) is 5.26. The summed E-state index contributed by atoms with van der Waals surface area (Å²) in [4.78, 5) is 5.11. The Morgan fingerprint density at radius 2 is 2.19 bits per heavy atom. The number of nitrogen functional groups attached to an aromatic ring is 1. The van der Waals surface area contributed by atoms with E-state index in [0.29, 0.717) is 5.01 Å². The molecule has 0 radical (unpaired) electrons. The molecule has 1 aromatic heterocycles. The lowest BCUT2D eigenvalue weighted by molar-refractivity contribution is 0.563. The Morgan fingerprint density at radius 1 is 1.48 bits per heavy atom. The van der Waals surface area contributed by atoms with E-state index in [0.717, 1.165) is 17.4 Å². The number of hydrogen-bond acceptors (Lipinski definition) is 5. The van der Waals surface area contributed by atoms with E-state index >= 15 is 0 Å². The van der Waals surface area contributed by atoms with E-state index in [-0.39, 0.29) is 10.6 Å². The smallest absolute Gasteiger partial charge is 0.241 e. The molecule has 1 unspecified atom stereocenters. The lowest BCUT2D eigenvalue weighted by Gasteiger charge is -2.12. The number of hydrogen-bond donors (Lipinski definition) is 2. The second-order valence-electron chi connectivity index (χ2n) is 4.54. The van der Waals surface area contributed by atoms with Gasteiger partial charge in [-0.05, 0) is 31.5 Å². The van der Waals surface area contributed by atoms with E-state index in [1.54, 1.807) is 13.1 Å². The molecule has 2 rings (SSSR count). The highest BCUT2D eigenvalue weighted by Crippen LogP contribution is 2.23. The Balaban J connectivity index is 2.22. The van der Waals surface area contributed by atoms with Gasteiger partial charge in [-0.25, -0.2) is 22.5 Å². The first-order valence-electron chi connectivity index (χ1n) is 6.35. The highest BCUT2D eigenvalue weighted by atomic mass is 32.2. The number of rotatable bonds is 5. The standard InChI is InChI=1S/C13H16FN3O2S2/c1-3-9-7-16-13(20-9)8(2)17-21(18,19)10-4-5-12(15)11(14)6-10/h4-8,17H,3,15H2,1-2H3. The third-order valence-corrected chi connectivity index (χ3v) is 5.77. The van der Waals surface area contributed by atoms with E-state index in [1.807, 2.05) is 6.92 Å². The average Bonchev–Trinajstić information content (AvgIpc) is 2.90. The van der Waals surface area contributed by atoms with E-state index in [1.165, 1.54) is 23.5 Å². The van der Waals surface area contributed by atoms with Gasteiger partial charge in [0.05, 0.1) is 16.6 Å². The maximum Gasteiger partial charge on any atom is 0.241 e. The lowest BCUT2D eigenvalue weighted by Crippen LogP contribution is -2.27. The van der Waals surface area contributed by atoms with Crippen molar-refractivity contribution in [3.05, 3.63) is 40.1 Å². The van der Waals surface area contributed by atoms with Crippen LogP contribution in [-0.4, -0.2) is 13.4 Å². The van der Waals surface area contributed by atoms with Gasteiger partial charge in [-0.2, -0.15) is 0 Å². The summed E-state index contributed by atoms with van der Waals surface area (Å²) in [5, 5.41) is 0.673. The molecule has 5 nitrogen and oxygen atoms in total. The number of benzene rings is 1. The molecule has 114 valence electrons. The van der Waals surface area contributed by atoms with Crippen LogP contribution in [0, 0.1) is 5.82 Å². The summed E-state index contributed by atoms with van der Waals surface area (Å²) in [6, 6.07) is 2.92. The summed E-state index contributed by atoms with van der Waals surface area (Å²) in [5.74, 6) is -0.756. The number of aromatic nitrogens is 1. The van der Waals surface area contributed by atoms with Gasteiger partial charge in [-0.15, -0.1) is 11.3 Å². The molecular weight excluding hydrogens is 313 g/mol. The van der Waals surface area contributed by atoms with Crippen molar-refractivity contribution < 1.29 is 12.8 Å². The van der Waals surface area contributed by atoms with Gasteiger partial charge >= 0.3 is 0 Å². The van der Waals surface area contributed by atoms with Gasteiger partial charge in [-0.3, -0.25) is 0 Å². The number of nitrogens with zero attached hydrogens (tertiary/aromatic N) is 1. The maximum absolute atomic E-state index is 13.4. The minimum atomic E-state index is -3.82. The van der Waals surface area contributed by atoms with Crippen molar-refractivity contribution in [1.82, 2.24) is 9.71 Å². The normalized spacial score (nSPS) is 13.3. The molecule has 1 aromatic carbocycles. The minimum Gasteiger partial charge on any atom is -0.396 e. The van der Waals surface area contributed by atoms with Crippen LogP contribution in [0.2, 0.25) is 0 Å². The van der Waals surface area contributed by atoms with Crippen LogP contribution in [0.1, 0.15) is 29.8 Å². The van der Waals surface area contributed by atoms with Gasteiger partial charge in [0, 0.05) is 11.1 Å². The molecule has 1 atom stereocenters.